The molecule has 0 N–H and O–H groups in total. The summed E-state index contributed by atoms with van der Waals surface area (Å²) < 4.78 is 11.2. The Kier molecular flexibility index (Phi) is 4.23. The van der Waals surface area contributed by atoms with Crippen LogP contribution in [0.1, 0.15) is 34.1 Å². The van der Waals surface area contributed by atoms with Gasteiger partial charge in [0.15, 0.2) is 0 Å². The summed E-state index contributed by atoms with van der Waals surface area (Å²) in [5, 5.41) is 0.256. The molecule has 0 radical (unpaired) electrons. The van der Waals surface area contributed by atoms with E-state index in [0.29, 0.717) is 12.7 Å². The maximum absolute atomic E-state index is 6.11. The SMILES string of the molecule is CCOCC(C)OC1CC(Cl)C1(C)C. The molecular weight excluding hydrogens is 200 g/mol. The predicted octanol–water partition coefficient (Wildman–Crippen LogP) is 2.83. The second-order valence-corrected chi connectivity index (χ2v) is 5.15. The van der Waals surface area contributed by atoms with Crippen molar-refractivity contribution >= 4 is 11.6 Å². The van der Waals surface area contributed by atoms with Gasteiger partial charge in [-0.15, -0.1) is 11.6 Å². The number of hydrogen-bond donors (Lipinski definition) is 0. The van der Waals surface area contributed by atoms with Gasteiger partial charge in [0.05, 0.1) is 18.8 Å². The van der Waals surface area contributed by atoms with Crippen LogP contribution in [-0.4, -0.2) is 30.8 Å². The molecule has 1 fully saturated rings. The number of halogens is 1. The molecule has 0 saturated heterocycles. The van der Waals surface area contributed by atoms with E-state index in [9.17, 15) is 0 Å². The fourth-order valence-electron chi connectivity index (χ4n) is 1.67. The predicted molar refractivity (Wildman–Crippen MR) is 58.9 cm³/mol. The van der Waals surface area contributed by atoms with Crippen LogP contribution >= 0.6 is 11.6 Å². The third-order valence-electron chi connectivity index (χ3n) is 3.01. The summed E-state index contributed by atoms with van der Waals surface area (Å²) in [5.74, 6) is 0. The van der Waals surface area contributed by atoms with E-state index in [-0.39, 0.29) is 16.9 Å². The minimum Gasteiger partial charge on any atom is -0.379 e. The van der Waals surface area contributed by atoms with E-state index in [4.69, 9.17) is 21.1 Å². The first-order valence-electron chi connectivity index (χ1n) is 5.35. The fraction of sp³-hybridized carbons (Fsp3) is 1.00. The van der Waals surface area contributed by atoms with Crippen LogP contribution in [0.25, 0.3) is 0 Å². The van der Waals surface area contributed by atoms with Gasteiger partial charge in [0.2, 0.25) is 0 Å². The van der Waals surface area contributed by atoms with Gasteiger partial charge in [0.1, 0.15) is 0 Å². The molecule has 0 spiro atoms. The first kappa shape index (κ1) is 12.3. The lowest BCUT2D eigenvalue weighted by Crippen LogP contribution is -2.53. The number of hydrogen-bond acceptors (Lipinski definition) is 2. The first-order valence-corrected chi connectivity index (χ1v) is 5.79. The largest absolute Gasteiger partial charge is 0.379 e. The molecule has 3 unspecified atom stereocenters. The number of alkyl halides is 1. The molecule has 3 atom stereocenters. The van der Waals surface area contributed by atoms with Crippen LogP contribution < -0.4 is 0 Å². The lowest BCUT2D eigenvalue weighted by molar-refractivity contribution is -0.135. The van der Waals surface area contributed by atoms with Gasteiger partial charge in [0, 0.05) is 17.4 Å². The van der Waals surface area contributed by atoms with Crippen LogP contribution in [-0.2, 0) is 9.47 Å². The minimum absolute atomic E-state index is 0.113. The Morgan fingerprint density at radius 2 is 2.14 bits per heavy atom. The minimum atomic E-state index is 0.113. The van der Waals surface area contributed by atoms with Crippen molar-refractivity contribution in [3.05, 3.63) is 0 Å². The Labute approximate surface area is 91.9 Å². The molecule has 0 aromatic carbocycles. The molecule has 1 rings (SSSR count). The Balaban J connectivity index is 2.25. The van der Waals surface area contributed by atoms with Crippen molar-refractivity contribution in [2.75, 3.05) is 13.2 Å². The van der Waals surface area contributed by atoms with Crippen LogP contribution in [0.2, 0.25) is 0 Å². The zero-order valence-corrected chi connectivity index (χ0v) is 10.3. The third-order valence-corrected chi connectivity index (χ3v) is 3.75. The molecule has 1 aliphatic carbocycles. The normalized spacial score (nSPS) is 32.4. The monoisotopic (exact) mass is 220 g/mol. The average molecular weight is 221 g/mol. The molecule has 3 heteroatoms. The Hall–Kier alpha value is 0.210. The molecule has 1 aliphatic rings. The molecule has 0 heterocycles. The number of rotatable bonds is 5. The zero-order valence-electron chi connectivity index (χ0n) is 9.55. The Morgan fingerprint density at radius 3 is 2.57 bits per heavy atom. The summed E-state index contributed by atoms with van der Waals surface area (Å²) in [6.45, 7) is 9.79. The third kappa shape index (κ3) is 2.62. The molecule has 0 bridgehead atoms. The highest BCUT2D eigenvalue weighted by Crippen LogP contribution is 2.46. The van der Waals surface area contributed by atoms with Crippen LogP contribution in [0.3, 0.4) is 0 Å². The summed E-state index contributed by atoms with van der Waals surface area (Å²) in [4.78, 5) is 0. The van der Waals surface area contributed by atoms with Crippen LogP contribution in [0.4, 0.5) is 0 Å². The molecule has 0 aliphatic heterocycles. The molecule has 2 nitrogen and oxygen atoms in total. The van der Waals surface area contributed by atoms with Crippen LogP contribution in [0.15, 0.2) is 0 Å². The lowest BCUT2D eigenvalue weighted by atomic mass is 9.68. The van der Waals surface area contributed by atoms with E-state index in [0.717, 1.165) is 13.0 Å². The summed E-state index contributed by atoms with van der Waals surface area (Å²) in [7, 11) is 0. The quantitative estimate of drug-likeness (QED) is 0.664. The van der Waals surface area contributed by atoms with E-state index >= 15 is 0 Å². The first-order chi connectivity index (χ1) is 6.48. The highest BCUT2D eigenvalue weighted by molar-refractivity contribution is 6.21. The van der Waals surface area contributed by atoms with Crippen molar-refractivity contribution in [2.24, 2.45) is 5.41 Å². The van der Waals surface area contributed by atoms with Gasteiger partial charge < -0.3 is 9.47 Å². The fourth-order valence-corrected chi connectivity index (χ4v) is 1.97. The average Bonchev–Trinajstić information content (AvgIpc) is 2.14. The van der Waals surface area contributed by atoms with Gasteiger partial charge in [0.25, 0.3) is 0 Å². The summed E-state index contributed by atoms with van der Waals surface area (Å²) in [5.41, 5.74) is 0.113. The molecule has 0 aromatic rings. The van der Waals surface area contributed by atoms with Crippen molar-refractivity contribution in [3.8, 4) is 0 Å². The number of ether oxygens (including phenoxy) is 2. The van der Waals surface area contributed by atoms with Gasteiger partial charge in [-0.25, -0.2) is 0 Å². The van der Waals surface area contributed by atoms with E-state index in [2.05, 4.69) is 13.8 Å². The van der Waals surface area contributed by atoms with E-state index in [1.807, 2.05) is 13.8 Å². The van der Waals surface area contributed by atoms with E-state index in [1.54, 1.807) is 0 Å². The molecule has 14 heavy (non-hydrogen) atoms. The van der Waals surface area contributed by atoms with Gasteiger partial charge in [-0.05, 0) is 20.3 Å². The summed E-state index contributed by atoms with van der Waals surface area (Å²) >= 11 is 6.11. The van der Waals surface area contributed by atoms with Crippen molar-refractivity contribution in [3.63, 3.8) is 0 Å². The maximum atomic E-state index is 6.11. The van der Waals surface area contributed by atoms with Gasteiger partial charge in [-0.2, -0.15) is 0 Å². The second kappa shape index (κ2) is 4.82. The molecule has 0 amide bonds. The van der Waals surface area contributed by atoms with Crippen LogP contribution in [0.5, 0.6) is 0 Å². The van der Waals surface area contributed by atoms with Crippen LogP contribution in [0, 0.1) is 5.41 Å². The molecule has 0 aromatic heterocycles. The van der Waals surface area contributed by atoms with Gasteiger partial charge >= 0.3 is 0 Å². The standard InChI is InChI=1S/C11H21ClO2/c1-5-13-7-8(2)14-10-6-9(12)11(10,3)4/h8-10H,5-7H2,1-4H3. The highest BCUT2D eigenvalue weighted by Gasteiger charge is 2.48. The molecular formula is C11H21ClO2. The lowest BCUT2D eigenvalue weighted by Gasteiger charge is -2.49. The van der Waals surface area contributed by atoms with Crippen molar-refractivity contribution in [2.45, 2.75) is 51.7 Å². The van der Waals surface area contributed by atoms with E-state index in [1.165, 1.54) is 0 Å². The van der Waals surface area contributed by atoms with Gasteiger partial charge in [-0.1, -0.05) is 13.8 Å². The smallest absolute Gasteiger partial charge is 0.0784 e. The van der Waals surface area contributed by atoms with Crippen molar-refractivity contribution < 1.29 is 9.47 Å². The summed E-state index contributed by atoms with van der Waals surface area (Å²) in [6, 6.07) is 0. The van der Waals surface area contributed by atoms with Crippen molar-refractivity contribution in [1.29, 1.82) is 0 Å². The molecule has 1 saturated carbocycles. The molecule has 84 valence electrons. The van der Waals surface area contributed by atoms with Crippen molar-refractivity contribution in [1.82, 2.24) is 0 Å². The van der Waals surface area contributed by atoms with Gasteiger partial charge in [-0.3, -0.25) is 0 Å². The second-order valence-electron chi connectivity index (χ2n) is 4.62. The Morgan fingerprint density at radius 1 is 1.50 bits per heavy atom. The zero-order chi connectivity index (χ0) is 10.8. The topological polar surface area (TPSA) is 18.5 Å². The highest BCUT2D eigenvalue weighted by atomic mass is 35.5. The summed E-state index contributed by atoms with van der Waals surface area (Å²) in [6.07, 6.45) is 1.43. The maximum Gasteiger partial charge on any atom is 0.0784 e. The van der Waals surface area contributed by atoms with E-state index < -0.39 is 0 Å². The Bertz CT molecular complexity index is 182.